The minimum atomic E-state index is -1.02. The van der Waals surface area contributed by atoms with Crippen LogP contribution in [0.15, 0.2) is 27.1 Å². The maximum atomic E-state index is 10.7. The zero-order chi connectivity index (χ0) is 15.4. The van der Waals surface area contributed by atoms with Gasteiger partial charge in [0.2, 0.25) is 5.89 Å². The van der Waals surface area contributed by atoms with Gasteiger partial charge in [-0.2, -0.15) is 0 Å². The molecule has 1 aromatic heterocycles. The first-order valence-corrected chi connectivity index (χ1v) is 6.88. The molecule has 0 amide bonds. The maximum absolute atomic E-state index is 10.7. The van der Waals surface area contributed by atoms with Crippen LogP contribution in [0.2, 0.25) is 0 Å². The lowest BCUT2D eigenvalue weighted by atomic mass is 10.1. The molecule has 0 aliphatic rings. The van der Waals surface area contributed by atoms with E-state index in [0.29, 0.717) is 23.1 Å². The van der Waals surface area contributed by atoms with Crippen molar-refractivity contribution in [3.63, 3.8) is 0 Å². The number of aliphatic carboxylic acids is 1. The average molecular weight is 353 g/mol. The minimum absolute atomic E-state index is 0.122. The summed E-state index contributed by atoms with van der Waals surface area (Å²) in [5.74, 6) is 0.382. The molecule has 1 heterocycles. The van der Waals surface area contributed by atoms with Crippen molar-refractivity contribution in [1.82, 2.24) is 10.2 Å². The van der Waals surface area contributed by atoms with Crippen LogP contribution >= 0.6 is 15.9 Å². The Balaban J connectivity index is 2.26. The Morgan fingerprint density at radius 3 is 2.81 bits per heavy atom. The van der Waals surface area contributed by atoms with Crippen molar-refractivity contribution >= 4 is 28.0 Å². The number of benzene rings is 1. The molecule has 110 valence electrons. The van der Waals surface area contributed by atoms with Crippen molar-refractivity contribution < 1.29 is 19.1 Å². The number of carbonyl (C=O) groups is 1. The van der Waals surface area contributed by atoms with Gasteiger partial charge >= 0.3 is 5.97 Å². The van der Waals surface area contributed by atoms with Gasteiger partial charge in [-0.25, -0.2) is 4.79 Å². The highest BCUT2D eigenvalue weighted by Crippen LogP contribution is 2.29. The normalized spacial score (nSPS) is 11.0. The zero-order valence-corrected chi connectivity index (χ0v) is 13.0. The SMILES string of the molecule is Cc1nnc(COc2c(C)cc(Br)cc2/C=C/C(=O)O)o1. The predicted molar refractivity (Wildman–Crippen MR) is 78.9 cm³/mol. The van der Waals surface area contributed by atoms with E-state index in [-0.39, 0.29) is 6.61 Å². The molecule has 0 atom stereocenters. The third-order valence-electron chi connectivity index (χ3n) is 2.58. The summed E-state index contributed by atoms with van der Waals surface area (Å²) < 4.78 is 11.8. The molecule has 0 saturated heterocycles. The number of hydrogen-bond donors (Lipinski definition) is 1. The number of nitrogens with zero attached hydrogens (tertiary/aromatic N) is 2. The topological polar surface area (TPSA) is 85.5 Å². The van der Waals surface area contributed by atoms with E-state index < -0.39 is 5.97 Å². The fourth-order valence-electron chi connectivity index (χ4n) is 1.77. The first-order valence-electron chi connectivity index (χ1n) is 6.08. The van der Waals surface area contributed by atoms with E-state index in [4.69, 9.17) is 14.3 Å². The molecule has 0 bridgehead atoms. The van der Waals surface area contributed by atoms with E-state index in [0.717, 1.165) is 16.1 Å². The quantitative estimate of drug-likeness (QED) is 0.832. The summed E-state index contributed by atoms with van der Waals surface area (Å²) in [6.07, 6.45) is 2.54. The molecule has 1 aromatic carbocycles. The second-order valence-electron chi connectivity index (χ2n) is 4.32. The first-order chi connectivity index (χ1) is 9.95. The average Bonchev–Trinajstić information content (AvgIpc) is 2.80. The standard InChI is InChI=1S/C14H13BrN2O4/c1-8-5-11(15)6-10(3-4-13(18)19)14(8)20-7-12-17-16-9(2)21-12/h3-6H,7H2,1-2H3,(H,18,19)/b4-3+. The van der Waals surface area contributed by atoms with Crippen molar-refractivity contribution in [2.75, 3.05) is 0 Å². The lowest BCUT2D eigenvalue weighted by molar-refractivity contribution is -0.131. The summed E-state index contributed by atoms with van der Waals surface area (Å²) in [5.41, 5.74) is 1.52. The minimum Gasteiger partial charge on any atom is -0.483 e. The Bertz CT molecular complexity index is 694. The highest BCUT2D eigenvalue weighted by atomic mass is 79.9. The van der Waals surface area contributed by atoms with Crippen LogP contribution in [0.4, 0.5) is 0 Å². The van der Waals surface area contributed by atoms with Crippen LogP contribution in [0.3, 0.4) is 0 Å². The van der Waals surface area contributed by atoms with Gasteiger partial charge in [0.1, 0.15) is 5.75 Å². The zero-order valence-electron chi connectivity index (χ0n) is 11.5. The molecule has 2 rings (SSSR count). The van der Waals surface area contributed by atoms with Crippen molar-refractivity contribution in [2.45, 2.75) is 20.5 Å². The van der Waals surface area contributed by atoms with Crippen LogP contribution in [-0.2, 0) is 11.4 Å². The Morgan fingerprint density at radius 1 is 1.43 bits per heavy atom. The molecule has 0 radical (unpaired) electrons. The van der Waals surface area contributed by atoms with E-state index >= 15 is 0 Å². The molecular weight excluding hydrogens is 340 g/mol. The van der Waals surface area contributed by atoms with Gasteiger partial charge in [-0.15, -0.1) is 10.2 Å². The summed E-state index contributed by atoms with van der Waals surface area (Å²) >= 11 is 3.38. The molecule has 0 spiro atoms. The van der Waals surface area contributed by atoms with Gasteiger partial charge in [0.05, 0.1) is 0 Å². The summed E-state index contributed by atoms with van der Waals surface area (Å²) in [6.45, 7) is 3.69. The lowest BCUT2D eigenvalue weighted by Crippen LogP contribution is -2.00. The first kappa shape index (κ1) is 15.2. The number of hydrogen-bond acceptors (Lipinski definition) is 5. The second-order valence-corrected chi connectivity index (χ2v) is 5.23. The van der Waals surface area contributed by atoms with Gasteiger partial charge < -0.3 is 14.3 Å². The highest BCUT2D eigenvalue weighted by molar-refractivity contribution is 9.10. The van der Waals surface area contributed by atoms with Gasteiger partial charge in [0.15, 0.2) is 6.61 Å². The third kappa shape index (κ3) is 4.16. The Morgan fingerprint density at radius 2 is 2.19 bits per heavy atom. The number of carboxylic acid groups (broad SMARTS) is 1. The van der Waals surface area contributed by atoms with Gasteiger partial charge in [0.25, 0.3) is 5.89 Å². The smallest absolute Gasteiger partial charge is 0.328 e. The second kappa shape index (κ2) is 6.53. The van der Waals surface area contributed by atoms with Gasteiger partial charge in [-0.1, -0.05) is 15.9 Å². The number of halogens is 1. The number of ether oxygens (including phenoxy) is 1. The molecular formula is C14H13BrN2O4. The van der Waals surface area contributed by atoms with Gasteiger partial charge in [0, 0.05) is 23.0 Å². The maximum Gasteiger partial charge on any atom is 0.328 e. The lowest BCUT2D eigenvalue weighted by Gasteiger charge is -2.11. The van der Waals surface area contributed by atoms with Crippen molar-refractivity contribution in [2.24, 2.45) is 0 Å². The van der Waals surface area contributed by atoms with Gasteiger partial charge in [-0.05, 0) is 30.7 Å². The van der Waals surface area contributed by atoms with Crippen molar-refractivity contribution in [1.29, 1.82) is 0 Å². The molecule has 0 aliphatic carbocycles. The fourth-order valence-corrected chi connectivity index (χ4v) is 2.36. The molecule has 0 aliphatic heterocycles. The molecule has 0 saturated carbocycles. The number of aryl methyl sites for hydroxylation is 2. The number of rotatable bonds is 5. The summed E-state index contributed by atoms with van der Waals surface area (Å²) in [7, 11) is 0. The molecule has 0 unspecified atom stereocenters. The summed E-state index contributed by atoms with van der Waals surface area (Å²) in [6, 6.07) is 3.66. The van der Waals surface area contributed by atoms with Crippen LogP contribution in [0.1, 0.15) is 22.9 Å². The molecule has 7 heteroatoms. The van der Waals surface area contributed by atoms with Gasteiger partial charge in [-0.3, -0.25) is 0 Å². The van der Waals surface area contributed by atoms with Crippen LogP contribution < -0.4 is 4.74 Å². The highest BCUT2D eigenvalue weighted by Gasteiger charge is 2.10. The van der Waals surface area contributed by atoms with Crippen LogP contribution in [0.5, 0.6) is 5.75 Å². The Labute approximate surface area is 129 Å². The summed E-state index contributed by atoms with van der Waals surface area (Å²) in [5, 5.41) is 16.3. The van der Waals surface area contributed by atoms with Crippen molar-refractivity contribution in [3.05, 3.63) is 45.6 Å². The molecule has 2 aromatic rings. The Hall–Kier alpha value is -2.15. The van der Waals surface area contributed by atoms with E-state index in [1.54, 1.807) is 13.0 Å². The largest absolute Gasteiger partial charge is 0.483 e. The van der Waals surface area contributed by atoms with E-state index in [1.165, 1.54) is 6.08 Å². The van der Waals surface area contributed by atoms with Crippen LogP contribution in [0.25, 0.3) is 6.08 Å². The van der Waals surface area contributed by atoms with E-state index in [2.05, 4.69) is 26.1 Å². The molecule has 21 heavy (non-hydrogen) atoms. The predicted octanol–water partition coefficient (Wildman–Crippen LogP) is 3.13. The van der Waals surface area contributed by atoms with E-state index in [1.807, 2.05) is 13.0 Å². The van der Waals surface area contributed by atoms with Crippen LogP contribution in [0, 0.1) is 13.8 Å². The summed E-state index contributed by atoms with van der Waals surface area (Å²) in [4.78, 5) is 10.7. The molecule has 1 N–H and O–H groups in total. The van der Waals surface area contributed by atoms with Crippen LogP contribution in [-0.4, -0.2) is 21.3 Å². The molecule has 6 nitrogen and oxygen atoms in total. The third-order valence-corrected chi connectivity index (χ3v) is 3.04. The Kier molecular flexibility index (Phi) is 4.74. The van der Waals surface area contributed by atoms with E-state index in [9.17, 15) is 4.79 Å². The van der Waals surface area contributed by atoms with Crippen molar-refractivity contribution in [3.8, 4) is 5.75 Å². The molecule has 0 fully saturated rings. The monoisotopic (exact) mass is 352 g/mol. The number of aromatic nitrogens is 2. The number of carboxylic acids is 1. The fraction of sp³-hybridized carbons (Fsp3) is 0.214.